The second-order valence-electron chi connectivity index (χ2n) is 9.08. The molecule has 0 radical (unpaired) electrons. The van der Waals surface area contributed by atoms with Gasteiger partial charge in [-0.2, -0.15) is 13.2 Å². The van der Waals surface area contributed by atoms with Crippen molar-refractivity contribution in [1.29, 1.82) is 0 Å². The quantitative estimate of drug-likeness (QED) is 0.274. The number of hydrogen-bond donors (Lipinski definition) is 2. The first-order valence-electron chi connectivity index (χ1n) is 12.5. The Bertz CT molecular complexity index is 1470. The standard InChI is InChI=1S/C26H25ClF3N5O4S/c27-22-21(32-23-17(26(28,29)30)14-16(15-35(22)23)18-4-1-10-39-18)25(37)33-20(19-5-2-13-40-19)24(36)31-6-3-7-34-8-11-38-12-9-34/h1-2,4-5,10,13-15,20H,3,6-9,11-12H2,(H,31,36)(H,33,37). The Morgan fingerprint density at radius 3 is 2.67 bits per heavy atom. The summed E-state index contributed by atoms with van der Waals surface area (Å²) in [5, 5.41) is 6.86. The van der Waals surface area contributed by atoms with E-state index < -0.39 is 40.9 Å². The van der Waals surface area contributed by atoms with E-state index in [1.54, 1.807) is 23.6 Å². The summed E-state index contributed by atoms with van der Waals surface area (Å²) >= 11 is 7.66. The van der Waals surface area contributed by atoms with Crippen LogP contribution in [0.5, 0.6) is 0 Å². The van der Waals surface area contributed by atoms with E-state index in [0.29, 0.717) is 31.1 Å². The number of hydrogen-bond acceptors (Lipinski definition) is 7. The van der Waals surface area contributed by atoms with E-state index in [-0.39, 0.29) is 16.5 Å². The maximum absolute atomic E-state index is 14.0. The molecule has 4 aromatic heterocycles. The summed E-state index contributed by atoms with van der Waals surface area (Å²) in [5.41, 5.74) is -1.97. The lowest BCUT2D eigenvalue weighted by Crippen LogP contribution is -2.42. The van der Waals surface area contributed by atoms with E-state index in [1.165, 1.54) is 29.9 Å². The normalized spacial score (nSPS) is 15.3. The van der Waals surface area contributed by atoms with Gasteiger partial charge in [0.1, 0.15) is 17.0 Å². The van der Waals surface area contributed by atoms with Gasteiger partial charge in [-0.15, -0.1) is 11.3 Å². The number of rotatable bonds is 9. The Kier molecular flexibility index (Phi) is 8.45. The van der Waals surface area contributed by atoms with Crippen LogP contribution >= 0.6 is 22.9 Å². The number of thiophene rings is 1. The average molecular weight is 596 g/mol. The Morgan fingerprint density at radius 2 is 2.00 bits per heavy atom. The third-order valence-corrected chi connectivity index (χ3v) is 7.71. The number of halogens is 4. The summed E-state index contributed by atoms with van der Waals surface area (Å²) in [7, 11) is 0. The fourth-order valence-corrected chi connectivity index (χ4v) is 5.44. The van der Waals surface area contributed by atoms with Crippen LogP contribution in [0.3, 0.4) is 0 Å². The highest BCUT2D eigenvalue weighted by atomic mass is 35.5. The van der Waals surface area contributed by atoms with Crippen molar-refractivity contribution in [2.45, 2.75) is 18.6 Å². The number of pyridine rings is 1. The van der Waals surface area contributed by atoms with Crippen molar-refractivity contribution >= 4 is 40.4 Å². The lowest BCUT2D eigenvalue weighted by molar-refractivity contribution is -0.136. The van der Waals surface area contributed by atoms with Gasteiger partial charge in [-0.1, -0.05) is 17.7 Å². The summed E-state index contributed by atoms with van der Waals surface area (Å²) in [6.07, 6.45) is -1.44. The van der Waals surface area contributed by atoms with E-state index in [1.807, 2.05) is 0 Å². The SMILES string of the molecule is O=C(NC(C(=O)NCCCN1CCOCC1)c1cccs1)c1nc2c(C(F)(F)F)cc(-c3ccco3)cn2c1Cl. The molecule has 2 amide bonds. The topological polar surface area (TPSA) is 101 Å². The molecule has 14 heteroatoms. The van der Waals surface area contributed by atoms with Crippen molar-refractivity contribution in [3.8, 4) is 11.3 Å². The number of alkyl halides is 3. The maximum atomic E-state index is 14.0. The molecule has 0 saturated carbocycles. The van der Waals surface area contributed by atoms with Crippen molar-refractivity contribution in [2.75, 3.05) is 39.4 Å². The number of aromatic nitrogens is 2. The van der Waals surface area contributed by atoms with E-state index >= 15 is 0 Å². The molecule has 0 spiro atoms. The minimum Gasteiger partial charge on any atom is -0.464 e. The van der Waals surface area contributed by atoms with Crippen LogP contribution in [0.4, 0.5) is 13.2 Å². The molecule has 5 rings (SSSR count). The average Bonchev–Trinajstić information content (AvgIpc) is 3.71. The van der Waals surface area contributed by atoms with Gasteiger partial charge in [0, 0.05) is 36.3 Å². The van der Waals surface area contributed by atoms with Gasteiger partial charge in [0.2, 0.25) is 5.91 Å². The van der Waals surface area contributed by atoms with Gasteiger partial charge in [0.25, 0.3) is 5.91 Å². The number of furan rings is 1. The third kappa shape index (κ3) is 6.17. The van der Waals surface area contributed by atoms with Crippen molar-refractivity contribution in [1.82, 2.24) is 24.9 Å². The fraction of sp³-hybridized carbons (Fsp3) is 0.346. The number of amides is 2. The first-order chi connectivity index (χ1) is 19.2. The van der Waals surface area contributed by atoms with Crippen LogP contribution in [0.1, 0.15) is 33.4 Å². The molecule has 1 unspecified atom stereocenters. The Labute approximate surface area is 235 Å². The maximum Gasteiger partial charge on any atom is 0.420 e. The molecule has 1 saturated heterocycles. The molecule has 40 heavy (non-hydrogen) atoms. The molecule has 0 aromatic carbocycles. The lowest BCUT2D eigenvalue weighted by Gasteiger charge is -2.26. The van der Waals surface area contributed by atoms with Gasteiger partial charge in [-0.25, -0.2) is 4.98 Å². The number of morpholine rings is 1. The van der Waals surface area contributed by atoms with E-state index in [4.69, 9.17) is 20.8 Å². The minimum absolute atomic E-state index is 0.101. The number of carbonyl (C=O) groups is 2. The van der Waals surface area contributed by atoms with Gasteiger partial charge < -0.3 is 19.8 Å². The van der Waals surface area contributed by atoms with Crippen LogP contribution in [0.15, 0.2) is 52.6 Å². The first kappa shape index (κ1) is 28.1. The number of nitrogens with one attached hydrogen (secondary N) is 2. The molecule has 4 aromatic rings. The Hall–Kier alpha value is -3.39. The zero-order valence-electron chi connectivity index (χ0n) is 21.0. The van der Waals surface area contributed by atoms with Gasteiger partial charge in [0.15, 0.2) is 11.3 Å². The van der Waals surface area contributed by atoms with E-state index in [0.717, 1.165) is 30.1 Å². The summed E-state index contributed by atoms with van der Waals surface area (Å²) < 4.78 is 53.5. The number of imidazole rings is 1. The summed E-state index contributed by atoms with van der Waals surface area (Å²) in [4.78, 5) is 33.1. The largest absolute Gasteiger partial charge is 0.464 e. The molecule has 1 atom stereocenters. The van der Waals surface area contributed by atoms with E-state index in [9.17, 15) is 22.8 Å². The van der Waals surface area contributed by atoms with Crippen LogP contribution in [-0.2, 0) is 15.7 Å². The first-order valence-corrected chi connectivity index (χ1v) is 13.7. The predicted octanol–water partition coefficient (Wildman–Crippen LogP) is 4.64. The second-order valence-corrected chi connectivity index (χ2v) is 10.4. The van der Waals surface area contributed by atoms with Crippen LogP contribution in [0.25, 0.3) is 17.0 Å². The second kappa shape index (κ2) is 12.0. The minimum atomic E-state index is -4.78. The van der Waals surface area contributed by atoms with Gasteiger partial charge in [-0.05, 0) is 42.6 Å². The smallest absolute Gasteiger partial charge is 0.420 e. The fourth-order valence-electron chi connectivity index (χ4n) is 4.41. The van der Waals surface area contributed by atoms with Crippen molar-refractivity contribution in [3.63, 3.8) is 0 Å². The van der Waals surface area contributed by atoms with E-state index in [2.05, 4.69) is 20.5 Å². The number of carbonyl (C=O) groups excluding carboxylic acids is 2. The van der Waals surface area contributed by atoms with Crippen molar-refractivity contribution in [3.05, 3.63) is 69.5 Å². The molecule has 1 aliphatic rings. The number of ether oxygens (including phenoxy) is 1. The highest BCUT2D eigenvalue weighted by Gasteiger charge is 2.37. The Morgan fingerprint density at radius 1 is 1.20 bits per heavy atom. The lowest BCUT2D eigenvalue weighted by atomic mass is 10.1. The monoisotopic (exact) mass is 595 g/mol. The van der Waals surface area contributed by atoms with Crippen LogP contribution < -0.4 is 10.6 Å². The number of fused-ring (bicyclic) bond motifs is 1. The van der Waals surface area contributed by atoms with Crippen molar-refractivity contribution in [2.24, 2.45) is 0 Å². The van der Waals surface area contributed by atoms with Crippen LogP contribution in [-0.4, -0.2) is 65.5 Å². The number of nitrogens with zero attached hydrogens (tertiary/aromatic N) is 3. The highest BCUT2D eigenvalue weighted by Crippen LogP contribution is 2.37. The van der Waals surface area contributed by atoms with Gasteiger partial charge in [-0.3, -0.25) is 18.9 Å². The molecular formula is C26H25ClF3N5O4S. The summed E-state index contributed by atoms with van der Waals surface area (Å²) in [5.74, 6) is -1.15. The predicted molar refractivity (Wildman–Crippen MR) is 142 cm³/mol. The molecule has 1 aliphatic heterocycles. The molecule has 212 valence electrons. The van der Waals surface area contributed by atoms with Gasteiger partial charge >= 0.3 is 6.18 Å². The Balaban J connectivity index is 1.36. The van der Waals surface area contributed by atoms with Crippen LogP contribution in [0, 0.1) is 0 Å². The molecule has 1 fully saturated rings. The molecule has 9 nitrogen and oxygen atoms in total. The zero-order chi connectivity index (χ0) is 28.3. The zero-order valence-corrected chi connectivity index (χ0v) is 22.6. The summed E-state index contributed by atoms with van der Waals surface area (Å²) in [6, 6.07) is 6.26. The molecular weight excluding hydrogens is 571 g/mol. The van der Waals surface area contributed by atoms with Gasteiger partial charge in [0.05, 0.1) is 25.0 Å². The van der Waals surface area contributed by atoms with Crippen LogP contribution in [0.2, 0.25) is 5.15 Å². The third-order valence-electron chi connectivity index (χ3n) is 6.41. The molecule has 5 heterocycles. The molecule has 0 aliphatic carbocycles. The molecule has 0 bridgehead atoms. The van der Waals surface area contributed by atoms with Crippen molar-refractivity contribution < 1.29 is 31.9 Å². The molecule has 2 N–H and O–H groups in total. The highest BCUT2D eigenvalue weighted by molar-refractivity contribution is 7.10. The summed E-state index contributed by atoms with van der Waals surface area (Å²) in [6.45, 7) is 4.20.